The van der Waals surface area contributed by atoms with Gasteiger partial charge in [0, 0.05) is 6.20 Å². The minimum atomic E-state index is -0.782. The zero-order valence-corrected chi connectivity index (χ0v) is 11.0. The van der Waals surface area contributed by atoms with E-state index in [2.05, 4.69) is 15.5 Å². The van der Waals surface area contributed by atoms with Crippen LogP contribution in [0.1, 0.15) is 15.9 Å². The second-order valence-corrected chi connectivity index (χ2v) is 3.96. The Morgan fingerprint density at radius 3 is 2.62 bits per heavy atom. The first-order chi connectivity index (χ1) is 10.1. The largest absolute Gasteiger partial charge is 0.497 e. The molecule has 2 aromatic rings. The maximum Gasteiger partial charge on any atom is 0.325 e. The normalized spacial score (nSPS) is 10.5. The summed E-state index contributed by atoms with van der Waals surface area (Å²) in [4.78, 5) is 38.0. The molecule has 0 saturated carbocycles. The Bertz CT molecular complexity index is 774. The smallest absolute Gasteiger partial charge is 0.325 e. The van der Waals surface area contributed by atoms with E-state index < -0.39 is 17.2 Å². The summed E-state index contributed by atoms with van der Waals surface area (Å²) in [6.07, 6.45) is 2.44. The fraction of sp³-hybridized carbons (Fsp3) is 0.0769. The van der Waals surface area contributed by atoms with Gasteiger partial charge in [0.25, 0.3) is 11.5 Å². The molecule has 0 aliphatic heterocycles. The quantitative estimate of drug-likeness (QED) is 0.535. The van der Waals surface area contributed by atoms with Gasteiger partial charge in [-0.2, -0.15) is 5.10 Å². The Morgan fingerprint density at radius 2 is 2.00 bits per heavy atom. The predicted molar refractivity (Wildman–Crippen MR) is 75.7 cm³/mol. The van der Waals surface area contributed by atoms with Crippen molar-refractivity contribution >= 4 is 12.1 Å². The molecule has 0 fully saturated rings. The molecule has 1 heterocycles. The van der Waals surface area contributed by atoms with Crippen molar-refractivity contribution in [3.05, 3.63) is 62.4 Å². The maximum atomic E-state index is 11.7. The van der Waals surface area contributed by atoms with Gasteiger partial charge in [-0.25, -0.2) is 10.2 Å². The first-order valence-corrected chi connectivity index (χ1v) is 5.89. The Kier molecular flexibility index (Phi) is 4.30. The Morgan fingerprint density at radius 1 is 1.29 bits per heavy atom. The third-order valence-electron chi connectivity index (χ3n) is 2.56. The molecule has 0 bridgehead atoms. The molecule has 0 aliphatic rings. The minimum absolute atomic E-state index is 0.235. The lowest BCUT2D eigenvalue weighted by Crippen LogP contribution is -2.31. The van der Waals surface area contributed by atoms with E-state index in [-0.39, 0.29) is 5.56 Å². The van der Waals surface area contributed by atoms with Gasteiger partial charge in [0.05, 0.1) is 13.3 Å². The van der Waals surface area contributed by atoms with Gasteiger partial charge in [0.2, 0.25) is 0 Å². The lowest BCUT2D eigenvalue weighted by molar-refractivity contribution is 0.0953. The van der Waals surface area contributed by atoms with Crippen LogP contribution >= 0.6 is 0 Å². The van der Waals surface area contributed by atoms with Gasteiger partial charge < -0.3 is 9.72 Å². The second-order valence-electron chi connectivity index (χ2n) is 3.96. The number of nitrogens with zero attached hydrogens (tertiary/aromatic N) is 1. The highest BCUT2D eigenvalue weighted by Crippen LogP contribution is 2.09. The molecule has 1 aromatic heterocycles. The lowest BCUT2D eigenvalue weighted by Gasteiger charge is -1.99. The molecule has 0 aliphatic carbocycles. The van der Waals surface area contributed by atoms with Crippen LogP contribution in [0.25, 0.3) is 0 Å². The Labute approximate surface area is 118 Å². The number of carbonyl (C=O) groups is 1. The van der Waals surface area contributed by atoms with E-state index in [9.17, 15) is 14.4 Å². The van der Waals surface area contributed by atoms with Crippen LogP contribution in [0.4, 0.5) is 0 Å². The number of carbonyl (C=O) groups excluding carboxylic acids is 1. The zero-order valence-electron chi connectivity index (χ0n) is 11.0. The highest BCUT2D eigenvalue weighted by Gasteiger charge is 2.09. The van der Waals surface area contributed by atoms with E-state index in [4.69, 9.17) is 4.74 Å². The molecule has 21 heavy (non-hydrogen) atoms. The van der Waals surface area contributed by atoms with Crippen LogP contribution < -0.4 is 21.4 Å². The van der Waals surface area contributed by atoms with Crippen LogP contribution in [0.5, 0.6) is 5.75 Å². The van der Waals surface area contributed by atoms with Crippen LogP contribution in [0.15, 0.2) is 45.2 Å². The zero-order chi connectivity index (χ0) is 15.2. The van der Waals surface area contributed by atoms with Crippen LogP contribution in [0, 0.1) is 0 Å². The fourth-order valence-corrected chi connectivity index (χ4v) is 1.49. The van der Waals surface area contributed by atoms with Gasteiger partial charge in [0.1, 0.15) is 11.3 Å². The third kappa shape index (κ3) is 3.66. The highest BCUT2D eigenvalue weighted by atomic mass is 16.5. The van der Waals surface area contributed by atoms with Gasteiger partial charge in [-0.15, -0.1) is 0 Å². The van der Waals surface area contributed by atoms with Gasteiger partial charge in [0.15, 0.2) is 0 Å². The number of amides is 1. The average molecular weight is 288 g/mol. The number of aromatic amines is 2. The van der Waals surface area contributed by atoms with Crippen molar-refractivity contribution in [2.75, 3.05) is 7.11 Å². The standard InChI is InChI=1S/C13H12N4O4/c1-21-9-4-2-8(3-5-9)6-15-17-12(19)10-7-14-13(20)16-11(10)18/h2-7H,1H3,(H,17,19)(H2,14,16,18,20)/b15-6-. The first-order valence-electron chi connectivity index (χ1n) is 5.89. The number of hydrogen-bond donors (Lipinski definition) is 3. The Balaban J connectivity index is 2.04. The summed E-state index contributed by atoms with van der Waals surface area (Å²) < 4.78 is 5.01. The molecule has 8 nitrogen and oxygen atoms in total. The number of nitrogens with one attached hydrogen (secondary N) is 3. The fourth-order valence-electron chi connectivity index (χ4n) is 1.49. The number of aromatic nitrogens is 2. The number of methoxy groups -OCH3 is 1. The van der Waals surface area contributed by atoms with Crippen LogP contribution in [0.3, 0.4) is 0 Å². The number of hydrogen-bond acceptors (Lipinski definition) is 5. The highest BCUT2D eigenvalue weighted by molar-refractivity contribution is 5.94. The summed E-state index contributed by atoms with van der Waals surface area (Å²) in [5.41, 5.74) is 1.24. The van der Waals surface area contributed by atoms with Crippen molar-refractivity contribution in [1.82, 2.24) is 15.4 Å². The summed E-state index contributed by atoms with van der Waals surface area (Å²) in [5.74, 6) is -0.0202. The number of ether oxygens (including phenoxy) is 1. The maximum absolute atomic E-state index is 11.7. The molecule has 0 spiro atoms. The molecular weight excluding hydrogens is 276 g/mol. The molecule has 1 amide bonds. The van der Waals surface area contributed by atoms with Crippen LogP contribution in [-0.2, 0) is 0 Å². The van der Waals surface area contributed by atoms with Crippen molar-refractivity contribution in [3.8, 4) is 5.75 Å². The van der Waals surface area contributed by atoms with Gasteiger partial charge in [-0.1, -0.05) is 0 Å². The number of H-pyrrole nitrogens is 2. The van der Waals surface area contributed by atoms with Crippen molar-refractivity contribution in [2.45, 2.75) is 0 Å². The van der Waals surface area contributed by atoms with Crippen LogP contribution in [0.2, 0.25) is 0 Å². The summed E-state index contributed by atoms with van der Waals surface area (Å²) in [6, 6.07) is 6.99. The average Bonchev–Trinajstić information content (AvgIpc) is 2.47. The van der Waals surface area contributed by atoms with E-state index >= 15 is 0 Å². The summed E-state index contributed by atoms with van der Waals surface area (Å²) in [6.45, 7) is 0. The van der Waals surface area contributed by atoms with E-state index in [1.165, 1.54) is 6.21 Å². The molecule has 1 aromatic carbocycles. The SMILES string of the molecule is COc1ccc(/C=N\NC(=O)c2c[nH]c(=O)[nH]c2=O)cc1. The minimum Gasteiger partial charge on any atom is -0.497 e. The summed E-state index contributed by atoms with van der Waals surface area (Å²) in [7, 11) is 1.56. The summed E-state index contributed by atoms with van der Waals surface area (Å²) >= 11 is 0. The van der Waals surface area contributed by atoms with Crippen molar-refractivity contribution in [3.63, 3.8) is 0 Å². The van der Waals surface area contributed by atoms with E-state index in [0.717, 1.165) is 11.8 Å². The summed E-state index contributed by atoms with van der Waals surface area (Å²) in [5, 5.41) is 3.73. The van der Waals surface area contributed by atoms with Gasteiger partial charge in [-0.05, 0) is 29.8 Å². The molecule has 2 rings (SSSR count). The molecule has 108 valence electrons. The van der Waals surface area contributed by atoms with E-state index in [1.54, 1.807) is 31.4 Å². The molecular formula is C13H12N4O4. The molecule has 0 unspecified atom stereocenters. The molecule has 0 saturated heterocycles. The topological polar surface area (TPSA) is 116 Å². The third-order valence-corrected chi connectivity index (χ3v) is 2.56. The van der Waals surface area contributed by atoms with Crippen molar-refractivity contribution in [1.29, 1.82) is 0 Å². The second kappa shape index (κ2) is 6.33. The van der Waals surface area contributed by atoms with Crippen molar-refractivity contribution < 1.29 is 9.53 Å². The van der Waals surface area contributed by atoms with Gasteiger partial charge in [-0.3, -0.25) is 14.6 Å². The first kappa shape index (κ1) is 14.3. The molecule has 8 heteroatoms. The van der Waals surface area contributed by atoms with Gasteiger partial charge >= 0.3 is 5.69 Å². The number of hydrazone groups is 1. The van der Waals surface area contributed by atoms with E-state index in [1.807, 2.05) is 4.98 Å². The Hall–Kier alpha value is -3.16. The number of rotatable bonds is 4. The monoisotopic (exact) mass is 288 g/mol. The lowest BCUT2D eigenvalue weighted by atomic mass is 10.2. The molecule has 3 N–H and O–H groups in total. The van der Waals surface area contributed by atoms with E-state index in [0.29, 0.717) is 5.75 Å². The van der Waals surface area contributed by atoms with Crippen LogP contribution in [-0.4, -0.2) is 29.2 Å². The molecule has 0 atom stereocenters. The molecule has 0 radical (unpaired) electrons. The number of benzene rings is 1. The predicted octanol–water partition coefficient (Wildman–Crippen LogP) is -0.164. The van der Waals surface area contributed by atoms with Crippen molar-refractivity contribution in [2.24, 2.45) is 5.10 Å².